The van der Waals surface area contributed by atoms with E-state index >= 15 is 0 Å². The summed E-state index contributed by atoms with van der Waals surface area (Å²) in [5.41, 5.74) is 0.877. The quantitative estimate of drug-likeness (QED) is 0.857. The Bertz CT molecular complexity index is 683. The fourth-order valence-corrected chi connectivity index (χ4v) is 3.99. The van der Waals surface area contributed by atoms with E-state index in [1.54, 1.807) is 9.80 Å². The highest BCUT2D eigenvalue weighted by molar-refractivity contribution is 5.68. The molecule has 1 N–H and O–H groups in total. The first-order valence-electron chi connectivity index (χ1n) is 9.91. The first kappa shape index (κ1) is 20.5. The summed E-state index contributed by atoms with van der Waals surface area (Å²) in [4.78, 5) is 29.3. The van der Waals surface area contributed by atoms with Gasteiger partial charge in [-0.1, -0.05) is 51.1 Å². The van der Waals surface area contributed by atoms with Crippen molar-refractivity contribution >= 4 is 12.2 Å². The third-order valence-electron chi connectivity index (χ3n) is 5.65. The van der Waals surface area contributed by atoms with Crippen molar-refractivity contribution < 1.29 is 19.4 Å². The Morgan fingerprint density at radius 2 is 1.79 bits per heavy atom. The lowest BCUT2D eigenvalue weighted by Crippen LogP contribution is -2.62. The summed E-state index contributed by atoms with van der Waals surface area (Å²) in [7, 11) is 0. The number of nitrogens with zero attached hydrogens (tertiary/aromatic N) is 3. The van der Waals surface area contributed by atoms with Gasteiger partial charge in [-0.05, 0) is 11.0 Å². The minimum atomic E-state index is -0.837. The zero-order valence-corrected chi connectivity index (χ0v) is 17.0. The monoisotopic (exact) mass is 389 g/mol. The fourth-order valence-electron chi connectivity index (χ4n) is 3.99. The first-order valence-corrected chi connectivity index (χ1v) is 9.91. The van der Waals surface area contributed by atoms with Crippen molar-refractivity contribution in [1.29, 1.82) is 0 Å². The van der Waals surface area contributed by atoms with Crippen LogP contribution in [0.3, 0.4) is 0 Å². The second kappa shape index (κ2) is 8.39. The molecule has 28 heavy (non-hydrogen) atoms. The molecule has 1 unspecified atom stereocenters. The van der Waals surface area contributed by atoms with Gasteiger partial charge in [-0.2, -0.15) is 0 Å². The Balaban J connectivity index is 1.43. The van der Waals surface area contributed by atoms with Crippen LogP contribution in [0.15, 0.2) is 30.3 Å². The van der Waals surface area contributed by atoms with E-state index < -0.39 is 6.09 Å². The highest BCUT2D eigenvalue weighted by atomic mass is 16.6. The molecule has 1 aromatic rings. The molecular formula is C21H31N3O4. The minimum Gasteiger partial charge on any atom is -0.465 e. The third-order valence-corrected chi connectivity index (χ3v) is 5.65. The van der Waals surface area contributed by atoms with Crippen LogP contribution in [-0.4, -0.2) is 77.3 Å². The molecule has 2 amide bonds. The maximum absolute atomic E-state index is 12.2. The molecular weight excluding hydrogens is 358 g/mol. The van der Waals surface area contributed by atoms with Gasteiger partial charge in [0.15, 0.2) is 0 Å². The molecule has 0 bridgehead atoms. The minimum absolute atomic E-state index is 0.0224. The largest absolute Gasteiger partial charge is 0.465 e. The van der Waals surface area contributed by atoms with E-state index in [0.29, 0.717) is 32.2 Å². The molecule has 0 saturated carbocycles. The highest BCUT2D eigenvalue weighted by Crippen LogP contribution is 2.29. The van der Waals surface area contributed by atoms with Gasteiger partial charge in [0, 0.05) is 45.2 Å². The number of carboxylic acid groups (broad SMARTS) is 1. The molecule has 0 aromatic heterocycles. The Labute approximate surface area is 166 Å². The van der Waals surface area contributed by atoms with Crippen molar-refractivity contribution in [3.05, 3.63) is 35.9 Å². The molecule has 1 aromatic carbocycles. The number of rotatable bonds is 4. The number of carbonyl (C=O) groups is 2. The van der Waals surface area contributed by atoms with Gasteiger partial charge >= 0.3 is 12.2 Å². The van der Waals surface area contributed by atoms with Crippen molar-refractivity contribution in [3.63, 3.8) is 0 Å². The van der Waals surface area contributed by atoms with Gasteiger partial charge in [-0.15, -0.1) is 0 Å². The summed E-state index contributed by atoms with van der Waals surface area (Å²) in [5.74, 6) is 0.418. The predicted molar refractivity (Wildman–Crippen MR) is 106 cm³/mol. The van der Waals surface area contributed by atoms with Crippen molar-refractivity contribution in [2.24, 2.45) is 11.3 Å². The van der Waals surface area contributed by atoms with Gasteiger partial charge < -0.3 is 19.6 Å². The van der Waals surface area contributed by atoms with Crippen LogP contribution in [0, 0.1) is 11.3 Å². The van der Waals surface area contributed by atoms with Crippen molar-refractivity contribution in [1.82, 2.24) is 14.7 Å². The van der Waals surface area contributed by atoms with Crippen molar-refractivity contribution in [2.75, 3.05) is 39.3 Å². The van der Waals surface area contributed by atoms with Gasteiger partial charge in [0.2, 0.25) is 0 Å². The number of carbonyl (C=O) groups excluding carboxylic acids is 1. The van der Waals surface area contributed by atoms with Crippen LogP contribution in [0.25, 0.3) is 0 Å². The van der Waals surface area contributed by atoms with Gasteiger partial charge in [0.05, 0.1) is 6.04 Å². The number of amides is 2. The van der Waals surface area contributed by atoms with E-state index in [9.17, 15) is 14.7 Å². The van der Waals surface area contributed by atoms with Crippen LogP contribution in [0.1, 0.15) is 26.3 Å². The molecule has 2 fully saturated rings. The molecule has 0 aliphatic carbocycles. The number of piperazine rings is 1. The number of ether oxygens (including phenoxy) is 1. The molecule has 154 valence electrons. The first-order chi connectivity index (χ1) is 13.2. The smallest absolute Gasteiger partial charge is 0.410 e. The van der Waals surface area contributed by atoms with Crippen LogP contribution in [0.2, 0.25) is 0 Å². The summed E-state index contributed by atoms with van der Waals surface area (Å²) in [6.45, 7) is 10.9. The van der Waals surface area contributed by atoms with E-state index in [4.69, 9.17) is 4.74 Å². The number of hydrogen-bond acceptors (Lipinski definition) is 4. The van der Waals surface area contributed by atoms with Crippen LogP contribution in [-0.2, 0) is 11.3 Å². The van der Waals surface area contributed by atoms with Gasteiger partial charge in [-0.25, -0.2) is 9.59 Å². The topological polar surface area (TPSA) is 73.3 Å². The van der Waals surface area contributed by atoms with E-state index in [-0.39, 0.29) is 17.6 Å². The average Bonchev–Trinajstić information content (AvgIpc) is 2.62. The standard InChI is InChI=1S/C21H31N3O4/c1-21(2,3)18-14-22(9-10-24(18)19(25)26)11-17-12-23(13-17)20(27)28-15-16-7-5-4-6-8-16/h4-8,17-18H,9-15H2,1-3H3,(H,25,26). The lowest BCUT2D eigenvalue weighted by Gasteiger charge is -2.48. The normalized spacial score (nSPS) is 21.3. The molecule has 1 atom stereocenters. The molecule has 0 spiro atoms. The number of hydrogen-bond donors (Lipinski definition) is 1. The zero-order chi connectivity index (χ0) is 20.3. The van der Waals surface area contributed by atoms with Crippen LogP contribution in [0.4, 0.5) is 9.59 Å². The highest BCUT2D eigenvalue weighted by Gasteiger charge is 2.40. The van der Waals surface area contributed by atoms with Crippen LogP contribution in [0.5, 0.6) is 0 Å². The van der Waals surface area contributed by atoms with Gasteiger partial charge in [0.1, 0.15) is 6.61 Å². The van der Waals surface area contributed by atoms with Crippen LogP contribution >= 0.6 is 0 Å². The third kappa shape index (κ3) is 4.95. The Morgan fingerprint density at radius 1 is 1.11 bits per heavy atom. The zero-order valence-electron chi connectivity index (χ0n) is 17.0. The maximum Gasteiger partial charge on any atom is 0.410 e. The van der Waals surface area contributed by atoms with E-state index in [1.165, 1.54) is 0 Å². The molecule has 2 aliphatic rings. The molecule has 2 aliphatic heterocycles. The van der Waals surface area contributed by atoms with E-state index in [2.05, 4.69) is 25.7 Å². The molecule has 7 heteroatoms. The molecule has 7 nitrogen and oxygen atoms in total. The molecule has 3 rings (SSSR count). The predicted octanol–water partition coefficient (Wildman–Crippen LogP) is 2.97. The lowest BCUT2D eigenvalue weighted by atomic mass is 9.84. The number of likely N-dealkylation sites (tertiary alicyclic amines) is 1. The summed E-state index contributed by atoms with van der Waals surface area (Å²) in [6, 6.07) is 9.65. The Morgan fingerprint density at radius 3 is 2.39 bits per heavy atom. The Kier molecular flexibility index (Phi) is 6.13. The van der Waals surface area contributed by atoms with E-state index in [1.807, 2.05) is 30.3 Å². The second-order valence-corrected chi connectivity index (χ2v) is 8.93. The summed E-state index contributed by atoms with van der Waals surface area (Å²) in [5, 5.41) is 9.48. The number of benzene rings is 1. The fraction of sp³-hybridized carbons (Fsp3) is 0.619. The van der Waals surface area contributed by atoms with Gasteiger partial charge in [-0.3, -0.25) is 4.90 Å². The molecule has 0 radical (unpaired) electrons. The van der Waals surface area contributed by atoms with Crippen molar-refractivity contribution in [3.8, 4) is 0 Å². The van der Waals surface area contributed by atoms with E-state index in [0.717, 1.165) is 25.2 Å². The maximum atomic E-state index is 12.2. The van der Waals surface area contributed by atoms with Crippen LogP contribution < -0.4 is 0 Å². The second-order valence-electron chi connectivity index (χ2n) is 8.93. The summed E-state index contributed by atoms with van der Waals surface area (Å²) < 4.78 is 5.37. The van der Waals surface area contributed by atoms with Gasteiger partial charge in [0.25, 0.3) is 0 Å². The SMILES string of the molecule is CC(C)(C)C1CN(CC2CN(C(=O)OCc3ccccc3)C2)CCN1C(=O)O. The molecule has 2 heterocycles. The average molecular weight is 389 g/mol. The lowest BCUT2D eigenvalue weighted by molar-refractivity contribution is -0.00307. The molecule has 2 saturated heterocycles. The Hall–Kier alpha value is -2.28. The van der Waals surface area contributed by atoms with Crippen molar-refractivity contribution in [2.45, 2.75) is 33.4 Å². The summed E-state index contributed by atoms with van der Waals surface area (Å²) >= 11 is 0. The summed E-state index contributed by atoms with van der Waals surface area (Å²) in [6.07, 6.45) is -1.10.